The molecule has 0 radical (unpaired) electrons. The number of aromatic nitrogens is 6. The van der Waals surface area contributed by atoms with Gasteiger partial charge >= 0.3 is 0 Å². The summed E-state index contributed by atoms with van der Waals surface area (Å²) >= 11 is 0. The molecule has 0 fully saturated rings. The number of anilines is 1. The van der Waals surface area contributed by atoms with E-state index in [2.05, 4.69) is 66.3 Å². The van der Waals surface area contributed by atoms with Gasteiger partial charge in [0.2, 0.25) is 0 Å². The van der Waals surface area contributed by atoms with Crippen molar-refractivity contribution in [2.45, 2.75) is 115 Å². The summed E-state index contributed by atoms with van der Waals surface area (Å²) in [5.41, 5.74) is 28.6. The van der Waals surface area contributed by atoms with Crippen LogP contribution in [0.4, 0.5) is 5.69 Å². The third kappa shape index (κ3) is 24.3. The minimum atomic E-state index is 0.117. The van der Waals surface area contributed by atoms with E-state index in [9.17, 15) is 28.8 Å². The predicted octanol–water partition coefficient (Wildman–Crippen LogP) is 25.4. The number of carbonyl (C=O) groups excluding carboxylic acids is 6. The van der Waals surface area contributed by atoms with Crippen LogP contribution in [0.15, 0.2) is 328 Å². The first kappa shape index (κ1) is 90.6. The van der Waals surface area contributed by atoms with Crippen molar-refractivity contribution < 1.29 is 28.8 Å². The number of benzene rings is 12. The zero-order valence-corrected chi connectivity index (χ0v) is 75.0. The normalized spacial score (nSPS) is 10.8. The number of para-hydroxylation sites is 6. The SMILES string of the molecule is Cc1ccc(C(=O)Cc2cccc3ccc(C)nc23)cc1.Cc1ccc(C(=O)Cc2cccc3ccc(C)nc23)cc1.Cc1ccc(C(=O)Cc2cccc3ccc(C)nc23)cc1.Cc1ccc2cccc(CC(=O)c3ccc(N(C)C)cc3)c2n1.Cc1cccc(C(=O)Cc2cccc3ccc(C)nc23)c1.Cc1cccc(C(=O)Cc2cccc3ccc(C)nc23)c1. The third-order valence-corrected chi connectivity index (χ3v) is 22.3. The van der Waals surface area contributed by atoms with Crippen molar-refractivity contribution in [2.24, 2.45) is 0 Å². The van der Waals surface area contributed by atoms with Crippen LogP contribution in [0.3, 0.4) is 0 Å². The summed E-state index contributed by atoms with van der Waals surface area (Å²) in [5.74, 6) is 0.776. The zero-order chi connectivity index (χ0) is 90.5. The molecule has 6 heterocycles. The monoisotopic (exact) mass is 1680 g/mol. The Morgan fingerprint density at radius 3 is 0.578 bits per heavy atom. The number of carbonyl (C=O) groups is 6. The van der Waals surface area contributed by atoms with Crippen LogP contribution in [-0.2, 0) is 38.5 Å². The maximum atomic E-state index is 12.6. The lowest BCUT2D eigenvalue weighted by atomic mass is 9.99. The molecule has 0 aliphatic carbocycles. The van der Waals surface area contributed by atoms with Gasteiger partial charge in [-0.2, -0.15) is 0 Å². The van der Waals surface area contributed by atoms with Crippen molar-refractivity contribution in [3.63, 3.8) is 0 Å². The Morgan fingerprint density at radius 2 is 0.383 bits per heavy atom. The topological polar surface area (TPSA) is 183 Å². The molecule has 0 aliphatic heterocycles. The molecule has 0 saturated carbocycles. The van der Waals surface area contributed by atoms with Gasteiger partial charge < -0.3 is 4.90 Å². The summed E-state index contributed by atoms with van der Waals surface area (Å²) in [6.45, 7) is 21.9. The van der Waals surface area contributed by atoms with Crippen LogP contribution < -0.4 is 4.90 Å². The highest BCUT2D eigenvalue weighted by molar-refractivity contribution is 6.04. The summed E-state index contributed by atoms with van der Waals surface area (Å²) in [6, 6.07) is 107. The van der Waals surface area contributed by atoms with Crippen molar-refractivity contribution >= 4 is 106 Å². The van der Waals surface area contributed by atoms with Crippen LogP contribution in [-0.4, -0.2) is 78.7 Å². The van der Waals surface area contributed by atoms with E-state index in [1.165, 1.54) is 0 Å². The molecule has 0 amide bonds. The summed E-state index contributed by atoms with van der Waals surface area (Å²) in [7, 11) is 3.97. The van der Waals surface area contributed by atoms with Gasteiger partial charge in [-0.15, -0.1) is 0 Å². The number of rotatable bonds is 19. The van der Waals surface area contributed by atoms with E-state index in [0.29, 0.717) is 38.5 Å². The van der Waals surface area contributed by atoms with Crippen LogP contribution in [0, 0.1) is 76.2 Å². The van der Waals surface area contributed by atoms with E-state index in [1.54, 1.807) is 0 Å². The minimum Gasteiger partial charge on any atom is -0.378 e. The smallest absolute Gasteiger partial charge is 0.167 e. The molecular weight excluding hydrogens is 1580 g/mol. The van der Waals surface area contributed by atoms with Crippen molar-refractivity contribution in [1.29, 1.82) is 0 Å². The molecule has 12 aromatic carbocycles. The predicted molar refractivity (Wildman–Crippen MR) is 524 cm³/mol. The van der Waals surface area contributed by atoms with Crippen LogP contribution in [0.5, 0.6) is 0 Å². The van der Waals surface area contributed by atoms with Crippen LogP contribution >= 0.6 is 0 Å². The molecule has 13 nitrogen and oxygen atoms in total. The van der Waals surface area contributed by atoms with Gasteiger partial charge in [-0.25, -0.2) is 0 Å². The number of pyridine rings is 6. The van der Waals surface area contributed by atoms with Crippen molar-refractivity contribution in [2.75, 3.05) is 19.0 Å². The Hall–Kier alpha value is -15.1. The highest BCUT2D eigenvalue weighted by atomic mass is 16.1. The standard InChI is InChI=1S/C20H20N2O.5C19H17NO/c1-14-7-8-16-5-4-6-17(20(16)21-14)13-19(23)15-9-11-18(12-10-15)22(2)3;2*1-13-5-3-7-16(11-13)18(21)12-17-8-4-6-15-10-9-14(2)20-19(15)17;3*1-13-6-9-15(10-7-13)18(21)12-17-5-3-4-16-11-8-14(2)20-19(16)17/h4-12H,13H2,1-3H3;5*3-11H,12H2,1-2H3. The molecule has 0 spiro atoms. The second-order valence-corrected chi connectivity index (χ2v) is 33.0. The first-order chi connectivity index (χ1) is 61.7. The molecule has 18 aromatic rings. The van der Waals surface area contributed by atoms with Gasteiger partial charge in [0, 0.05) is 158 Å². The molecule has 0 aliphatic rings. The summed E-state index contributed by atoms with van der Waals surface area (Å²) in [4.78, 5) is 104. The highest BCUT2D eigenvalue weighted by Crippen LogP contribution is 2.28. The average molecular weight is 1680 g/mol. The fourth-order valence-corrected chi connectivity index (χ4v) is 15.1. The number of nitrogens with zero attached hydrogens (tertiary/aromatic N) is 7. The van der Waals surface area contributed by atoms with E-state index in [1.807, 2.05) is 386 Å². The van der Waals surface area contributed by atoms with E-state index in [-0.39, 0.29) is 34.7 Å². The summed E-state index contributed by atoms with van der Waals surface area (Å²) in [5, 5.41) is 6.47. The van der Waals surface area contributed by atoms with Crippen LogP contribution in [0.2, 0.25) is 0 Å². The second-order valence-electron chi connectivity index (χ2n) is 33.0. The molecule has 0 N–H and O–H groups in total. The minimum absolute atomic E-state index is 0.117. The van der Waals surface area contributed by atoms with Crippen LogP contribution in [0.25, 0.3) is 65.4 Å². The van der Waals surface area contributed by atoms with Crippen molar-refractivity contribution in [3.05, 3.63) is 456 Å². The maximum absolute atomic E-state index is 12.6. The van der Waals surface area contributed by atoms with E-state index >= 15 is 0 Å². The van der Waals surface area contributed by atoms with E-state index in [0.717, 1.165) is 200 Å². The van der Waals surface area contributed by atoms with Gasteiger partial charge in [0.05, 0.1) is 33.1 Å². The molecule has 18 rings (SSSR count). The first-order valence-corrected chi connectivity index (χ1v) is 43.1. The third-order valence-electron chi connectivity index (χ3n) is 22.3. The number of Topliss-reactive ketones (excluding diaryl/α,β-unsaturated/α-hetero) is 6. The van der Waals surface area contributed by atoms with Crippen molar-refractivity contribution in [1.82, 2.24) is 29.9 Å². The summed E-state index contributed by atoms with van der Waals surface area (Å²) < 4.78 is 0. The molecule has 636 valence electrons. The number of ketones is 6. The Morgan fingerprint density at radius 1 is 0.195 bits per heavy atom. The number of fused-ring (bicyclic) bond motifs is 6. The van der Waals surface area contributed by atoms with Crippen molar-refractivity contribution in [3.8, 4) is 0 Å². The molecule has 6 aromatic heterocycles. The van der Waals surface area contributed by atoms with Crippen LogP contribution in [0.1, 0.15) is 158 Å². The lowest BCUT2D eigenvalue weighted by molar-refractivity contribution is 0.0985. The van der Waals surface area contributed by atoms with E-state index < -0.39 is 0 Å². The van der Waals surface area contributed by atoms with Gasteiger partial charge in [-0.3, -0.25) is 58.7 Å². The van der Waals surface area contributed by atoms with Gasteiger partial charge in [0.15, 0.2) is 34.7 Å². The molecule has 13 heteroatoms. The quantitative estimate of drug-likeness (QED) is 0.0698. The second kappa shape index (κ2) is 42.5. The first-order valence-electron chi connectivity index (χ1n) is 43.1. The average Bonchev–Trinajstić information content (AvgIpc) is 0.837. The molecule has 0 unspecified atom stereocenters. The highest BCUT2D eigenvalue weighted by Gasteiger charge is 2.18. The molecule has 128 heavy (non-hydrogen) atoms. The largest absolute Gasteiger partial charge is 0.378 e. The Labute approximate surface area is 749 Å². The fourth-order valence-electron chi connectivity index (χ4n) is 15.1. The Balaban J connectivity index is 0.000000131. The number of hydrogen-bond acceptors (Lipinski definition) is 13. The van der Waals surface area contributed by atoms with Gasteiger partial charge in [-0.05, 0) is 182 Å². The Bertz CT molecular complexity index is 6630. The maximum Gasteiger partial charge on any atom is 0.167 e. The lowest BCUT2D eigenvalue weighted by Crippen LogP contribution is -2.09. The fraction of sp³-hybridized carbons (Fsp3) is 0.165. The summed E-state index contributed by atoms with van der Waals surface area (Å²) in [6.07, 6.45) is 2.30. The molecule has 0 bridgehead atoms. The Kier molecular flexibility index (Phi) is 30.1. The number of aryl methyl sites for hydroxylation is 11. The molecule has 0 saturated heterocycles. The number of hydrogen-bond donors (Lipinski definition) is 0. The zero-order valence-electron chi connectivity index (χ0n) is 75.0. The van der Waals surface area contributed by atoms with Gasteiger partial charge in [-0.1, -0.05) is 283 Å². The van der Waals surface area contributed by atoms with Gasteiger partial charge in [0.25, 0.3) is 0 Å². The van der Waals surface area contributed by atoms with Gasteiger partial charge in [0.1, 0.15) is 0 Å². The van der Waals surface area contributed by atoms with E-state index in [4.69, 9.17) is 0 Å². The molecular formula is C115H105N7O6. The molecule has 0 atom stereocenters. The lowest BCUT2D eigenvalue weighted by Gasteiger charge is -2.12.